The number of benzene rings is 2. The molecule has 7 heteroatoms. The number of alkyl halides is 6. The molecule has 26 heavy (non-hydrogen) atoms. The fraction of sp³-hybridized carbons (Fsp3) is 0.105. The Balaban J connectivity index is 2.06. The summed E-state index contributed by atoms with van der Waals surface area (Å²) in [5.74, 6) is 8.20. The van der Waals surface area contributed by atoms with Crippen molar-refractivity contribution in [2.75, 3.05) is 0 Å². The molecular formula is C19H8F6O. The van der Waals surface area contributed by atoms with Gasteiger partial charge in [-0.15, -0.1) is 0 Å². The molecule has 0 unspecified atom stereocenters. The second-order valence-electron chi connectivity index (χ2n) is 4.98. The highest BCUT2D eigenvalue weighted by Gasteiger charge is 2.30. The third-order valence-corrected chi connectivity index (χ3v) is 3.07. The topological polar surface area (TPSA) is 17.1 Å². The first-order valence-corrected chi connectivity index (χ1v) is 6.98. The van der Waals surface area contributed by atoms with Gasteiger partial charge < -0.3 is 0 Å². The van der Waals surface area contributed by atoms with Gasteiger partial charge >= 0.3 is 12.4 Å². The third-order valence-electron chi connectivity index (χ3n) is 3.07. The van der Waals surface area contributed by atoms with Crippen molar-refractivity contribution in [1.82, 2.24) is 0 Å². The lowest BCUT2D eigenvalue weighted by molar-refractivity contribution is -0.138. The normalized spacial score (nSPS) is 11.0. The lowest BCUT2D eigenvalue weighted by atomic mass is 10.1. The zero-order valence-electron chi connectivity index (χ0n) is 12.8. The molecule has 0 N–H and O–H groups in total. The van der Waals surface area contributed by atoms with Gasteiger partial charge in [0, 0.05) is 11.1 Å². The summed E-state index contributed by atoms with van der Waals surface area (Å²) >= 11 is 0. The molecule has 1 nitrogen and oxygen atoms in total. The molecule has 0 spiro atoms. The summed E-state index contributed by atoms with van der Waals surface area (Å²) in [4.78, 5) is 11.5. The van der Waals surface area contributed by atoms with E-state index in [1.807, 2.05) is 0 Å². The van der Waals surface area contributed by atoms with Crippen molar-refractivity contribution in [3.8, 4) is 23.7 Å². The van der Waals surface area contributed by atoms with Gasteiger partial charge in [-0.3, -0.25) is 4.79 Å². The monoisotopic (exact) mass is 366 g/mol. The quantitative estimate of drug-likeness (QED) is 0.488. The Morgan fingerprint density at radius 1 is 0.615 bits per heavy atom. The predicted octanol–water partition coefficient (Wildman–Crippen LogP) is 4.70. The average Bonchev–Trinajstić information content (AvgIpc) is 2.57. The fourth-order valence-corrected chi connectivity index (χ4v) is 1.77. The number of ketones is 1. The van der Waals surface area contributed by atoms with Gasteiger partial charge in [0.2, 0.25) is 0 Å². The zero-order chi connectivity index (χ0) is 19.4. The van der Waals surface area contributed by atoms with Gasteiger partial charge in [0.25, 0.3) is 5.78 Å². The minimum absolute atomic E-state index is 0.197. The number of hydrogen-bond acceptors (Lipinski definition) is 1. The van der Waals surface area contributed by atoms with Crippen LogP contribution >= 0.6 is 0 Å². The summed E-state index contributed by atoms with van der Waals surface area (Å²) in [6, 6.07) is 7.81. The molecule has 0 bridgehead atoms. The van der Waals surface area contributed by atoms with Crippen LogP contribution in [0.15, 0.2) is 48.5 Å². The van der Waals surface area contributed by atoms with Crippen LogP contribution in [0.5, 0.6) is 0 Å². The SMILES string of the molecule is O=C(C#Cc1ccc(C(F)(F)F)cc1)C#Cc1ccc(C(F)(F)F)cc1. The Hall–Kier alpha value is -3.19. The lowest BCUT2D eigenvalue weighted by Crippen LogP contribution is -2.04. The minimum Gasteiger partial charge on any atom is -0.270 e. The van der Waals surface area contributed by atoms with Crippen LogP contribution in [0.4, 0.5) is 26.3 Å². The molecule has 0 fully saturated rings. The Labute approximate surface area is 144 Å². The van der Waals surface area contributed by atoms with E-state index < -0.39 is 29.3 Å². The molecule has 2 rings (SSSR count). The fourth-order valence-electron chi connectivity index (χ4n) is 1.77. The van der Waals surface area contributed by atoms with Crippen molar-refractivity contribution >= 4 is 5.78 Å². The van der Waals surface area contributed by atoms with Gasteiger partial charge in [-0.25, -0.2) is 0 Å². The lowest BCUT2D eigenvalue weighted by Gasteiger charge is -2.05. The molecule has 0 aliphatic rings. The Bertz CT molecular complexity index is 834. The maximum atomic E-state index is 12.4. The highest BCUT2D eigenvalue weighted by molar-refractivity contribution is 6.09. The molecule has 0 saturated heterocycles. The number of carbonyl (C=O) groups excluding carboxylic acids is 1. The molecule has 0 aliphatic carbocycles. The minimum atomic E-state index is -4.46. The number of rotatable bonds is 0. The van der Waals surface area contributed by atoms with Crippen molar-refractivity contribution in [2.24, 2.45) is 0 Å². The molecule has 2 aromatic rings. The molecule has 0 amide bonds. The smallest absolute Gasteiger partial charge is 0.270 e. The van der Waals surface area contributed by atoms with Gasteiger partial charge in [0.05, 0.1) is 11.1 Å². The first kappa shape index (κ1) is 19.1. The van der Waals surface area contributed by atoms with Crippen LogP contribution in [0.1, 0.15) is 22.3 Å². The van der Waals surface area contributed by atoms with Crippen molar-refractivity contribution in [2.45, 2.75) is 12.4 Å². The number of carbonyl (C=O) groups is 1. The van der Waals surface area contributed by atoms with Crippen molar-refractivity contribution in [3.05, 3.63) is 70.8 Å². The molecule has 0 heterocycles. The summed E-state index contributed by atoms with van der Waals surface area (Å²) < 4.78 is 74.5. The van der Waals surface area contributed by atoms with Gasteiger partial charge in [-0.2, -0.15) is 26.3 Å². The molecule has 0 saturated carbocycles. The van der Waals surface area contributed by atoms with Crippen LogP contribution in [0.25, 0.3) is 0 Å². The average molecular weight is 366 g/mol. The summed E-state index contributed by atoms with van der Waals surface area (Å²) in [7, 11) is 0. The van der Waals surface area contributed by atoms with Crippen LogP contribution in [-0.2, 0) is 17.1 Å². The third kappa shape index (κ3) is 5.42. The highest BCUT2D eigenvalue weighted by Crippen LogP contribution is 2.29. The van der Waals surface area contributed by atoms with Crippen LogP contribution in [0.3, 0.4) is 0 Å². The summed E-state index contributed by atoms with van der Waals surface area (Å²) in [6.07, 6.45) is -8.93. The molecule has 132 valence electrons. The standard InChI is InChI=1S/C19H8F6O/c20-18(21,22)15-7-1-13(2-8-15)5-11-17(26)12-6-14-3-9-16(10-4-14)19(23,24)25/h1-4,7-10H. The van der Waals surface area contributed by atoms with Gasteiger partial charge in [-0.05, 0) is 60.4 Å². The predicted molar refractivity (Wildman–Crippen MR) is 81.7 cm³/mol. The Kier molecular flexibility index (Phi) is 5.42. The van der Waals surface area contributed by atoms with E-state index in [0.29, 0.717) is 0 Å². The molecule has 2 aromatic carbocycles. The van der Waals surface area contributed by atoms with E-state index in [4.69, 9.17) is 0 Å². The molecule has 0 radical (unpaired) electrons. The van der Waals surface area contributed by atoms with Crippen molar-refractivity contribution in [1.29, 1.82) is 0 Å². The van der Waals surface area contributed by atoms with E-state index >= 15 is 0 Å². The van der Waals surface area contributed by atoms with Crippen molar-refractivity contribution < 1.29 is 31.1 Å². The van der Waals surface area contributed by atoms with E-state index in [2.05, 4.69) is 23.7 Å². The molecule has 0 aromatic heterocycles. The Morgan fingerprint density at radius 2 is 0.923 bits per heavy atom. The van der Waals surface area contributed by atoms with E-state index in [9.17, 15) is 31.1 Å². The van der Waals surface area contributed by atoms with Gasteiger partial charge in [-0.1, -0.05) is 11.8 Å². The van der Waals surface area contributed by atoms with E-state index in [-0.39, 0.29) is 11.1 Å². The maximum Gasteiger partial charge on any atom is 0.416 e. The van der Waals surface area contributed by atoms with Crippen LogP contribution in [0, 0.1) is 23.7 Å². The molecular weight excluding hydrogens is 358 g/mol. The molecule has 0 atom stereocenters. The van der Waals surface area contributed by atoms with E-state index in [0.717, 1.165) is 48.5 Å². The van der Waals surface area contributed by atoms with Gasteiger partial charge in [0.1, 0.15) is 0 Å². The van der Waals surface area contributed by atoms with E-state index in [1.54, 1.807) is 0 Å². The highest BCUT2D eigenvalue weighted by atomic mass is 19.4. The van der Waals surface area contributed by atoms with Crippen LogP contribution in [0.2, 0.25) is 0 Å². The first-order chi connectivity index (χ1) is 12.1. The number of hydrogen-bond donors (Lipinski definition) is 0. The second-order valence-corrected chi connectivity index (χ2v) is 4.98. The van der Waals surface area contributed by atoms with Crippen molar-refractivity contribution in [3.63, 3.8) is 0 Å². The maximum absolute atomic E-state index is 12.4. The first-order valence-electron chi connectivity index (χ1n) is 6.98. The summed E-state index contributed by atoms with van der Waals surface area (Å²) in [5.41, 5.74) is -1.28. The second kappa shape index (κ2) is 7.37. The van der Waals surface area contributed by atoms with Gasteiger partial charge in [0.15, 0.2) is 0 Å². The number of Topliss-reactive ketones (excluding diaryl/α,β-unsaturated/α-hetero) is 1. The largest absolute Gasteiger partial charge is 0.416 e. The summed E-state index contributed by atoms with van der Waals surface area (Å²) in [6.45, 7) is 0. The van der Waals surface area contributed by atoms with Crippen LogP contribution < -0.4 is 0 Å². The zero-order valence-corrected chi connectivity index (χ0v) is 12.8. The van der Waals surface area contributed by atoms with E-state index in [1.165, 1.54) is 0 Å². The number of halogens is 6. The Morgan fingerprint density at radius 3 is 1.19 bits per heavy atom. The summed E-state index contributed by atoms with van der Waals surface area (Å²) in [5, 5.41) is 0. The molecule has 0 aliphatic heterocycles. The van der Waals surface area contributed by atoms with Crippen LogP contribution in [-0.4, -0.2) is 5.78 Å².